The molecule has 0 aliphatic heterocycles. The van der Waals surface area contributed by atoms with E-state index in [4.69, 9.17) is 13.7 Å². The molecule has 9 nitrogen and oxygen atoms in total. The molecule has 0 bridgehead atoms. The zero-order valence-electron chi connectivity index (χ0n) is 35.3. The fourth-order valence-electron chi connectivity index (χ4n) is 5.69. The molecule has 0 fully saturated rings. The number of nitrogens with zero attached hydrogens (tertiary/aromatic N) is 1. The first-order valence-electron chi connectivity index (χ1n) is 21.7. The summed E-state index contributed by atoms with van der Waals surface area (Å²) in [5.74, 6) is -2.94. The summed E-state index contributed by atoms with van der Waals surface area (Å²) in [5.41, 5.74) is 0. The average Bonchev–Trinajstić information content (AvgIpc) is 3.15. The minimum atomic E-state index is -4.76. The molecule has 0 spiro atoms. The highest BCUT2D eigenvalue weighted by atomic mass is 32.2. The molecule has 0 aliphatic carbocycles. The van der Waals surface area contributed by atoms with E-state index in [9.17, 15) is 22.8 Å². The first-order valence-corrected chi connectivity index (χ1v) is 23.1. The molecule has 10 heteroatoms. The number of ether oxygens (including phenoxy) is 2. The summed E-state index contributed by atoms with van der Waals surface area (Å²) < 4.78 is 41.3. The van der Waals surface area contributed by atoms with E-state index in [1.54, 1.807) is 19.0 Å². The molecule has 0 amide bonds. The van der Waals surface area contributed by atoms with Gasteiger partial charge >= 0.3 is 28.0 Å². The second-order valence-electron chi connectivity index (χ2n) is 14.8. The van der Waals surface area contributed by atoms with Crippen molar-refractivity contribution in [3.05, 3.63) is 48.6 Å². The van der Waals surface area contributed by atoms with Gasteiger partial charge < -0.3 is 18.6 Å². The summed E-state index contributed by atoms with van der Waals surface area (Å²) in [6.45, 7) is 4.86. The molecule has 0 heterocycles. The van der Waals surface area contributed by atoms with Gasteiger partial charge in [0.1, 0.15) is 0 Å². The Kier molecular flexibility index (Phi) is 36.3. The van der Waals surface area contributed by atoms with Gasteiger partial charge in [0.15, 0.2) is 0 Å². The number of esters is 2. The molecule has 1 atom stereocenters. The minimum Gasteiger partial charge on any atom is -0.466 e. The van der Waals surface area contributed by atoms with Crippen molar-refractivity contribution in [3.63, 3.8) is 0 Å². The largest absolute Gasteiger partial charge is 0.466 e. The van der Waals surface area contributed by atoms with E-state index in [2.05, 4.69) is 62.5 Å². The Hall–Kier alpha value is -2.72. The predicted octanol–water partition coefficient (Wildman–Crippen LogP) is 11.3. The van der Waals surface area contributed by atoms with Gasteiger partial charge in [0.05, 0.1) is 26.1 Å². The molecule has 318 valence electrons. The van der Waals surface area contributed by atoms with Crippen molar-refractivity contribution < 1.29 is 36.5 Å². The Labute approximate surface area is 336 Å². The third-order valence-electron chi connectivity index (χ3n) is 9.13. The molecular formula is C45H79NO8S. The van der Waals surface area contributed by atoms with Gasteiger partial charge in [-0.3, -0.25) is 14.4 Å². The van der Waals surface area contributed by atoms with Crippen molar-refractivity contribution in [1.29, 1.82) is 0 Å². The van der Waals surface area contributed by atoms with Crippen molar-refractivity contribution in [2.75, 3.05) is 33.9 Å². The monoisotopic (exact) mass is 794 g/mol. The highest BCUT2D eigenvalue weighted by Crippen LogP contribution is 2.16. The van der Waals surface area contributed by atoms with Crippen LogP contribution in [0.5, 0.6) is 0 Å². The number of unbranched alkanes of at least 4 members (excludes halogenated alkanes) is 18. The molecular weight excluding hydrogens is 715 g/mol. The van der Waals surface area contributed by atoms with Gasteiger partial charge in [-0.2, -0.15) is 8.42 Å². The highest BCUT2D eigenvalue weighted by Gasteiger charge is 2.39. The number of hydrogen-bond acceptors (Lipinski definition) is 9. The Morgan fingerprint density at radius 2 is 0.927 bits per heavy atom. The van der Waals surface area contributed by atoms with Crippen LogP contribution in [0.25, 0.3) is 0 Å². The van der Waals surface area contributed by atoms with E-state index in [0.717, 1.165) is 89.9 Å². The quantitative estimate of drug-likeness (QED) is 0.0261. The second kappa shape index (κ2) is 38.2. The summed E-state index contributed by atoms with van der Waals surface area (Å²) in [5, 5.41) is -1.97. The van der Waals surface area contributed by atoms with E-state index in [-0.39, 0.29) is 26.2 Å². The zero-order chi connectivity index (χ0) is 40.7. The topological polar surface area (TPSA) is 116 Å². The molecule has 0 aromatic heterocycles. The molecule has 0 radical (unpaired) electrons. The van der Waals surface area contributed by atoms with E-state index in [1.807, 2.05) is 0 Å². The van der Waals surface area contributed by atoms with Gasteiger partial charge in [-0.05, 0) is 91.1 Å². The van der Waals surface area contributed by atoms with Crippen LogP contribution >= 0.6 is 0 Å². The maximum Gasteiger partial charge on any atom is 0.328 e. The lowest BCUT2D eigenvalue weighted by atomic mass is 10.1. The van der Waals surface area contributed by atoms with Gasteiger partial charge in [0.2, 0.25) is 5.25 Å². The van der Waals surface area contributed by atoms with Gasteiger partial charge in [-0.25, -0.2) is 0 Å². The first kappa shape index (κ1) is 52.3. The smallest absolute Gasteiger partial charge is 0.328 e. The molecule has 0 saturated carbocycles. The van der Waals surface area contributed by atoms with E-state index < -0.39 is 39.7 Å². The lowest BCUT2D eigenvalue weighted by Crippen LogP contribution is -2.37. The lowest BCUT2D eigenvalue weighted by molar-refractivity contribution is -0.150. The van der Waals surface area contributed by atoms with Gasteiger partial charge in [-0.1, -0.05) is 140 Å². The van der Waals surface area contributed by atoms with Crippen LogP contribution < -0.4 is 0 Å². The molecule has 0 aliphatic rings. The number of hydrogen-bond donors (Lipinski definition) is 0. The molecule has 0 aromatic rings. The van der Waals surface area contributed by atoms with Crippen molar-refractivity contribution in [2.45, 2.75) is 186 Å². The fourth-order valence-corrected chi connectivity index (χ4v) is 6.79. The standard InChI is InChI=1S/C45H79NO8S/c1-5-7-9-11-13-15-17-19-21-23-25-27-29-31-33-35-39-52-44(48)41-42(55(50,51)54-43(47)37-38-46(3)4)45(49)53-40-36-34-32-30-28-26-24-22-20-18-16-14-12-10-8-6-2/h13-16,19-22,42H,5-12,17-18,23-41H2,1-4H3/b15-13-,16-14-,21-19-,22-20-. The minimum absolute atomic E-state index is 0.0238. The van der Waals surface area contributed by atoms with Crippen molar-refractivity contribution in [2.24, 2.45) is 0 Å². The summed E-state index contributed by atoms with van der Waals surface area (Å²) in [7, 11) is -1.28. The predicted molar refractivity (Wildman–Crippen MR) is 227 cm³/mol. The molecule has 0 rings (SSSR count). The normalized spacial score (nSPS) is 12.8. The Morgan fingerprint density at radius 1 is 0.527 bits per heavy atom. The van der Waals surface area contributed by atoms with Crippen molar-refractivity contribution in [1.82, 2.24) is 4.90 Å². The Morgan fingerprint density at radius 3 is 1.36 bits per heavy atom. The summed E-state index contributed by atoms with van der Waals surface area (Å²) in [6, 6.07) is 0. The van der Waals surface area contributed by atoms with Crippen molar-refractivity contribution in [3.8, 4) is 0 Å². The van der Waals surface area contributed by atoms with E-state index >= 15 is 0 Å². The third-order valence-corrected chi connectivity index (χ3v) is 10.6. The summed E-state index contributed by atoms with van der Waals surface area (Å²) in [4.78, 5) is 39.5. The van der Waals surface area contributed by atoms with Crippen LogP contribution in [0.15, 0.2) is 48.6 Å². The van der Waals surface area contributed by atoms with Crippen LogP contribution in [0, 0.1) is 0 Å². The summed E-state index contributed by atoms with van der Waals surface area (Å²) >= 11 is 0. The second-order valence-corrected chi connectivity index (χ2v) is 16.5. The SMILES string of the molecule is CCCCC/C=C\C/C=C\CCCCCCCCOC(=O)CC(C(=O)OCCCCCCCC/C=C\C/C=C\CCCCC)S(=O)(=O)OC(=O)CCN(C)C. The number of carbonyl (C=O) groups is 3. The third kappa shape index (κ3) is 35.4. The lowest BCUT2D eigenvalue weighted by Gasteiger charge is -2.16. The number of allylic oxidation sites excluding steroid dienone is 8. The maximum atomic E-state index is 13.0. The molecule has 1 unspecified atom stereocenters. The fraction of sp³-hybridized carbons (Fsp3) is 0.756. The molecule has 55 heavy (non-hydrogen) atoms. The van der Waals surface area contributed by atoms with Crippen LogP contribution in [0.1, 0.15) is 181 Å². The molecule has 0 aromatic carbocycles. The van der Waals surface area contributed by atoms with Gasteiger partial charge in [0, 0.05) is 6.54 Å². The Balaban J connectivity index is 4.45. The van der Waals surface area contributed by atoms with E-state index in [0.29, 0.717) is 12.8 Å². The summed E-state index contributed by atoms with van der Waals surface area (Å²) in [6.07, 6.45) is 42.8. The molecule has 0 saturated heterocycles. The van der Waals surface area contributed by atoms with Gasteiger partial charge in [-0.15, -0.1) is 0 Å². The van der Waals surface area contributed by atoms with Crippen LogP contribution in [-0.4, -0.2) is 70.3 Å². The van der Waals surface area contributed by atoms with Gasteiger partial charge in [0.25, 0.3) is 0 Å². The zero-order valence-corrected chi connectivity index (χ0v) is 36.1. The number of rotatable bonds is 38. The van der Waals surface area contributed by atoms with Crippen LogP contribution in [0.3, 0.4) is 0 Å². The van der Waals surface area contributed by atoms with Crippen LogP contribution in [0.4, 0.5) is 0 Å². The van der Waals surface area contributed by atoms with Crippen LogP contribution in [0.2, 0.25) is 0 Å². The highest BCUT2D eigenvalue weighted by molar-refractivity contribution is 7.88. The Bertz CT molecular complexity index is 1180. The maximum absolute atomic E-state index is 13.0. The molecule has 0 N–H and O–H groups in total. The number of carbonyl (C=O) groups excluding carboxylic acids is 3. The first-order chi connectivity index (χ1) is 26.6. The van der Waals surface area contributed by atoms with E-state index in [1.165, 1.54) is 51.4 Å². The van der Waals surface area contributed by atoms with Crippen LogP contribution in [-0.2, 0) is 38.2 Å². The van der Waals surface area contributed by atoms with Crippen molar-refractivity contribution >= 4 is 28.0 Å². The average molecular weight is 794 g/mol.